The maximum Gasteiger partial charge on any atom is 0.339 e. The molecule has 0 radical (unpaired) electrons. The Morgan fingerprint density at radius 2 is 1.68 bits per heavy atom. The summed E-state index contributed by atoms with van der Waals surface area (Å²) >= 11 is 6.13. The fourth-order valence-electron chi connectivity index (χ4n) is 2.35. The van der Waals surface area contributed by atoms with Crippen molar-refractivity contribution in [3.8, 4) is 17.2 Å². The lowest BCUT2D eigenvalue weighted by molar-refractivity contribution is 0.0692. The van der Waals surface area contributed by atoms with Crippen molar-refractivity contribution in [2.75, 3.05) is 20.3 Å². The fraction of sp³-hybridized carbons (Fsp3) is 0.316. The third kappa shape index (κ3) is 5.03. The van der Waals surface area contributed by atoms with E-state index in [9.17, 15) is 9.90 Å². The molecule has 0 spiro atoms. The molecule has 2 rings (SSSR count). The molecule has 134 valence electrons. The molecule has 0 fully saturated rings. The van der Waals surface area contributed by atoms with Crippen molar-refractivity contribution in [1.82, 2.24) is 0 Å². The molecule has 0 saturated carbocycles. The third-order valence-corrected chi connectivity index (χ3v) is 4.24. The molecule has 0 atom stereocenters. The summed E-state index contributed by atoms with van der Waals surface area (Å²) in [7, 11) is 1.52. The number of benzene rings is 2. The number of carbonyl (C=O) groups is 1. The van der Waals surface area contributed by atoms with Crippen molar-refractivity contribution < 1.29 is 24.1 Å². The maximum absolute atomic E-state index is 11.2. The zero-order valence-electron chi connectivity index (χ0n) is 14.5. The van der Waals surface area contributed by atoms with Gasteiger partial charge in [0.15, 0.2) is 0 Å². The number of aryl methyl sites for hydroxylation is 2. The highest BCUT2D eigenvalue weighted by molar-refractivity contribution is 6.32. The van der Waals surface area contributed by atoms with Gasteiger partial charge in [-0.15, -0.1) is 0 Å². The van der Waals surface area contributed by atoms with Crippen LogP contribution in [-0.4, -0.2) is 31.4 Å². The summed E-state index contributed by atoms with van der Waals surface area (Å²) in [5.41, 5.74) is 2.04. The molecule has 0 aromatic heterocycles. The van der Waals surface area contributed by atoms with Gasteiger partial charge in [0.25, 0.3) is 0 Å². The van der Waals surface area contributed by atoms with E-state index in [1.807, 2.05) is 26.0 Å². The van der Waals surface area contributed by atoms with E-state index in [0.717, 1.165) is 21.9 Å². The Labute approximate surface area is 152 Å². The minimum absolute atomic E-state index is 0.102. The van der Waals surface area contributed by atoms with Gasteiger partial charge in [-0.3, -0.25) is 0 Å². The van der Waals surface area contributed by atoms with Gasteiger partial charge in [0.1, 0.15) is 22.8 Å². The number of hydrogen-bond acceptors (Lipinski definition) is 4. The summed E-state index contributed by atoms with van der Waals surface area (Å²) in [5, 5.41) is 9.94. The van der Waals surface area contributed by atoms with E-state index in [1.54, 1.807) is 12.1 Å². The molecule has 1 N–H and O–H groups in total. The van der Waals surface area contributed by atoms with Gasteiger partial charge in [-0.05, 0) is 49.2 Å². The Hall–Kier alpha value is -2.40. The van der Waals surface area contributed by atoms with Crippen LogP contribution in [0.3, 0.4) is 0 Å². The smallest absolute Gasteiger partial charge is 0.339 e. The van der Waals surface area contributed by atoms with E-state index >= 15 is 0 Å². The molecule has 0 amide bonds. The molecule has 2 aromatic rings. The highest BCUT2D eigenvalue weighted by Crippen LogP contribution is 2.26. The van der Waals surface area contributed by atoms with E-state index in [0.29, 0.717) is 25.4 Å². The van der Waals surface area contributed by atoms with Crippen LogP contribution in [-0.2, 0) is 0 Å². The zero-order chi connectivity index (χ0) is 18.4. The minimum atomic E-state index is -1.04. The average molecular weight is 365 g/mol. The van der Waals surface area contributed by atoms with Crippen molar-refractivity contribution in [2.24, 2.45) is 0 Å². The van der Waals surface area contributed by atoms with Crippen molar-refractivity contribution in [1.29, 1.82) is 0 Å². The van der Waals surface area contributed by atoms with Crippen molar-refractivity contribution in [2.45, 2.75) is 20.3 Å². The van der Waals surface area contributed by atoms with E-state index in [1.165, 1.54) is 13.2 Å². The van der Waals surface area contributed by atoms with Crippen LogP contribution in [0.1, 0.15) is 27.9 Å². The molecule has 0 saturated heterocycles. The second-order valence-electron chi connectivity index (χ2n) is 5.59. The second-order valence-corrected chi connectivity index (χ2v) is 5.97. The number of hydrogen-bond donors (Lipinski definition) is 1. The predicted molar refractivity (Wildman–Crippen MR) is 96.5 cm³/mol. The summed E-state index contributed by atoms with van der Waals surface area (Å²) in [6.07, 6.45) is 0.608. The lowest BCUT2D eigenvalue weighted by Crippen LogP contribution is -2.08. The van der Waals surface area contributed by atoms with E-state index in [4.69, 9.17) is 25.8 Å². The van der Waals surface area contributed by atoms with Gasteiger partial charge < -0.3 is 19.3 Å². The molecule has 25 heavy (non-hydrogen) atoms. The van der Waals surface area contributed by atoms with Crippen LogP contribution >= 0.6 is 11.6 Å². The Morgan fingerprint density at radius 1 is 1.04 bits per heavy atom. The summed E-state index contributed by atoms with van der Waals surface area (Å²) in [6, 6.07) is 8.40. The average Bonchev–Trinajstić information content (AvgIpc) is 2.58. The minimum Gasteiger partial charge on any atom is -0.497 e. The summed E-state index contributed by atoms with van der Waals surface area (Å²) in [4.78, 5) is 11.2. The van der Waals surface area contributed by atoms with Crippen molar-refractivity contribution >= 4 is 17.6 Å². The Morgan fingerprint density at radius 3 is 2.28 bits per heavy atom. The SMILES string of the molecule is COc1ccc(C(=O)O)c(OCCCOc2cc(C)c(Cl)c(C)c2)c1. The van der Waals surface area contributed by atoms with Gasteiger partial charge in [0, 0.05) is 17.5 Å². The zero-order valence-corrected chi connectivity index (χ0v) is 15.2. The highest BCUT2D eigenvalue weighted by atomic mass is 35.5. The lowest BCUT2D eigenvalue weighted by atomic mass is 10.1. The first-order valence-electron chi connectivity index (χ1n) is 7.86. The van der Waals surface area contributed by atoms with Crippen LogP contribution in [0.15, 0.2) is 30.3 Å². The number of carboxylic acids is 1. The van der Waals surface area contributed by atoms with Gasteiger partial charge in [-0.25, -0.2) is 4.79 Å². The largest absolute Gasteiger partial charge is 0.497 e. The van der Waals surface area contributed by atoms with Gasteiger partial charge in [0.05, 0.1) is 20.3 Å². The number of ether oxygens (including phenoxy) is 3. The van der Waals surface area contributed by atoms with Crippen molar-refractivity contribution in [3.63, 3.8) is 0 Å². The maximum atomic E-state index is 11.2. The molecular formula is C19H21ClO5. The Balaban J connectivity index is 1.88. The normalized spacial score (nSPS) is 10.4. The standard InChI is InChI=1S/C19H21ClO5/c1-12-9-15(10-13(2)18(12)20)24-7-4-8-25-17-11-14(23-3)5-6-16(17)19(21)22/h5-6,9-11H,4,7-8H2,1-3H3,(H,21,22). The van der Waals surface area contributed by atoms with Crippen LogP contribution < -0.4 is 14.2 Å². The van der Waals surface area contributed by atoms with E-state index < -0.39 is 5.97 Å². The molecule has 0 aliphatic rings. The quantitative estimate of drug-likeness (QED) is 0.698. The topological polar surface area (TPSA) is 65.0 Å². The Kier molecular flexibility index (Phi) is 6.53. The fourth-order valence-corrected chi connectivity index (χ4v) is 2.46. The van der Waals surface area contributed by atoms with Gasteiger partial charge in [0.2, 0.25) is 0 Å². The number of rotatable bonds is 8. The molecule has 6 heteroatoms. The lowest BCUT2D eigenvalue weighted by Gasteiger charge is -2.12. The number of methoxy groups -OCH3 is 1. The number of halogens is 1. The Bertz CT molecular complexity index is 734. The van der Waals surface area contributed by atoms with Crippen LogP contribution in [0.4, 0.5) is 0 Å². The van der Waals surface area contributed by atoms with Crippen LogP contribution in [0.5, 0.6) is 17.2 Å². The summed E-state index contributed by atoms with van der Waals surface area (Å²) < 4.78 is 16.4. The summed E-state index contributed by atoms with van der Waals surface area (Å²) in [5.74, 6) is 0.543. The van der Waals surface area contributed by atoms with Crippen LogP contribution in [0.2, 0.25) is 5.02 Å². The first-order chi connectivity index (χ1) is 11.9. The van der Waals surface area contributed by atoms with E-state index in [2.05, 4.69) is 0 Å². The first kappa shape index (κ1) is 18.9. The number of aromatic carboxylic acids is 1. The van der Waals surface area contributed by atoms with E-state index in [-0.39, 0.29) is 11.3 Å². The molecular weight excluding hydrogens is 344 g/mol. The molecule has 0 bridgehead atoms. The first-order valence-corrected chi connectivity index (χ1v) is 8.24. The monoisotopic (exact) mass is 364 g/mol. The second kappa shape index (κ2) is 8.62. The van der Waals surface area contributed by atoms with Crippen molar-refractivity contribution in [3.05, 3.63) is 52.0 Å². The molecule has 0 unspecified atom stereocenters. The molecule has 2 aromatic carbocycles. The molecule has 0 aliphatic heterocycles. The van der Waals surface area contributed by atoms with Gasteiger partial charge in [-0.2, -0.15) is 0 Å². The summed E-state index contributed by atoms with van der Waals surface area (Å²) in [6.45, 7) is 4.65. The highest BCUT2D eigenvalue weighted by Gasteiger charge is 2.12. The van der Waals surface area contributed by atoms with Crippen LogP contribution in [0, 0.1) is 13.8 Å². The molecule has 5 nitrogen and oxygen atoms in total. The van der Waals surface area contributed by atoms with Gasteiger partial charge >= 0.3 is 5.97 Å². The van der Waals surface area contributed by atoms with Gasteiger partial charge in [-0.1, -0.05) is 11.6 Å². The third-order valence-electron chi connectivity index (χ3n) is 3.64. The molecule has 0 heterocycles. The molecule has 0 aliphatic carbocycles. The predicted octanol–water partition coefficient (Wildman–Crippen LogP) is 4.51. The number of carboxylic acid groups (broad SMARTS) is 1. The van der Waals surface area contributed by atoms with Crippen LogP contribution in [0.25, 0.3) is 0 Å².